The molecule has 0 aliphatic heterocycles. The van der Waals surface area contributed by atoms with Crippen molar-refractivity contribution in [3.8, 4) is 17.5 Å². The molecule has 5 nitrogen and oxygen atoms in total. The molecule has 0 unspecified atom stereocenters. The van der Waals surface area contributed by atoms with E-state index in [2.05, 4.69) is 16.0 Å². The summed E-state index contributed by atoms with van der Waals surface area (Å²) in [7, 11) is 0. The van der Waals surface area contributed by atoms with Gasteiger partial charge in [0, 0.05) is 11.3 Å². The van der Waals surface area contributed by atoms with Crippen molar-refractivity contribution in [3.63, 3.8) is 0 Å². The summed E-state index contributed by atoms with van der Waals surface area (Å²) < 4.78 is 4.93. The van der Waals surface area contributed by atoms with E-state index in [-0.39, 0.29) is 5.69 Å². The number of hydrogen-bond donors (Lipinski definition) is 1. The van der Waals surface area contributed by atoms with Gasteiger partial charge in [-0.15, -0.1) is 0 Å². The maximum absolute atomic E-state index is 11.7. The number of aromatic nitrogens is 2. The summed E-state index contributed by atoms with van der Waals surface area (Å²) in [6, 6.07) is 9.19. The Kier molecular flexibility index (Phi) is 3.62. The molecule has 0 atom stereocenters. The fraction of sp³-hybridized carbons (Fsp3) is 0.214. The topological polar surface area (TPSA) is 78.8 Å². The van der Waals surface area contributed by atoms with Gasteiger partial charge in [-0.05, 0) is 26.0 Å². The fourth-order valence-electron chi connectivity index (χ4n) is 1.77. The largest absolute Gasteiger partial charge is 0.461 e. The number of imidazole rings is 1. The Hall–Kier alpha value is -2.61. The van der Waals surface area contributed by atoms with E-state index in [9.17, 15) is 4.79 Å². The van der Waals surface area contributed by atoms with Crippen molar-refractivity contribution < 1.29 is 9.53 Å². The van der Waals surface area contributed by atoms with Crippen LogP contribution in [-0.4, -0.2) is 22.5 Å². The average Bonchev–Trinajstić information content (AvgIpc) is 2.81. The van der Waals surface area contributed by atoms with Gasteiger partial charge < -0.3 is 9.72 Å². The molecule has 2 rings (SSSR count). The number of nitrogens with one attached hydrogen (secondary N) is 1. The normalized spacial score (nSPS) is 9.95. The molecule has 2 aromatic rings. The number of aryl methyl sites for hydroxylation is 1. The Morgan fingerprint density at radius 2 is 2.21 bits per heavy atom. The predicted octanol–water partition coefficient (Wildman–Crippen LogP) is 2.43. The lowest BCUT2D eigenvalue weighted by Crippen LogP contribution is -2.06. The van der Waals surface area contributed by atoms with E-state index in [1.165, 1.54) is 0 Å². The van der Waals surface area contributed by atoms with Gasteiger partial charge in [-0.25, -0.2) is 9.78 Å². The molecule has 1 aromatic carbocycles. The van der Waals surface area contributed by atoms with Gasteiger partial charge in [0.15, 0.2) is 5.69 Å². The zero-order valence-corrected chi connectivity index (χ0v) is 10.7. The van der Waals surface area contributed by atoms with E-state index in [0.717, 1.165) is 0 Å². The number of benzene rings is 1. The second kappa shape index (κ2) is 5.36. The maximum Gasteiger partial charge on any atom is 0.358 e. The van der Waals surface area contributed by atoms with Gasteiger partial charge >= 0.3 is 5.97 Å². The van der Waals surface area contributed by atoms with Crippen molar-refractivity contribution in [2.45, 2.75) is 13.8 Å². The Balaban J connectivity index is 2.45. The average molecular weight is 255 g/mol. The highest BCUT2D eigenvalue weighted by atomic mass is 16.5. The molecular formula is C14H13N3O2. The summed E-state index contributed by atoms with van der Waals surface area (Å²) in [6.07, 6.45) is 0. The van der Waals surface area contributed by atoms with Gasteiger partial charge in [-0.1, -0.05) is 12.1 Å². The van der Waals surface area contributed by atoms with E-state index >= 15 is 0 Å². The molecule has 0 saturated carbocycles. The van der Waals surface area contributed by atoms with Gasteiger partial charge in [0.1, 0.15) is 5.82 Å². The molecule has 0 spiro atoms. The Morgan fingerprint density at radius 3 is 2.89 bits per heavy atom. The summed E-state index contributed by atoms with van der Waals surface area (Å²) in [5.74, 6) is 0.0367. The molecule has 0 bridgehead atoms. The first-order chi connectivity index (χ1) is 9.17. The molecule has 19 heavy (non-hydrogen) atoms. The SMILES string of the molecule is CCOC(=O)c1nc(-c2ccccc2C#N)[nH]c1C. The zero-order chi connectivity index (χ0) is 13.8. The molecule has 0 saturated heterocycles. The van der Waals surface area contributed by atoms with Crippen LogP contribution < -0.4 is 0 Å². The number of hydrogen-bond acceptors (Lipinski definition) is 4. The number of aromatic amines is 1. The van der Waals surface area contributed by atoms with E-state index < -0.39 is 5.97 Å². The Labute approximate surface area is 110 Å². The van der Waals surface area contributed by atoms with Crippen molar-refractivity contribution in [3.05, 3.63) is 41.2 Å². The van der Waals surface area contributed by atoms with Crippen molar-refractivity contribution in [2.75, 3.05) is 6.61 Å². The van der Waals surface area contributed by atoms with Gasteiger partial charge in [-0.2, -0.15) is 5.26 Å². The van der Waals surface area contributed by atoms with E-state index in [1.54, 1.807) is 32.0 Å². The summed E-state index contributed by atoms with van der Waals surface area (Å²) in [6.45, 7) is 3.79. The summed E-state index contributed by atoms with van der Waals surface area (Å²) in [4.78, 5) is 18.9. The number of carbonyl (C=O) groups is 1. The standard InChI is InChI=1S/C14H13N3O2/c1-3-19-14(18)12-9(2)16-13(17-12)11-7-5-4-6-10(11)8-15/h4-7H,3H2,1-2H3,(H,16,17). The third-order valence-corrected chi connectivity index (χ3v) is 2.66. The summed E-state index contributed by atoms with van der Waals surface area (Å²) >= 11 is 0. The number of nitriles is 1. The van der Waals surface area contributed by atoms with Gasteiger partial charge in [-0.3, -0.25) is 0 Å². The minimum atomic E-state index is -0.461. The molecule has 0 amide bonds. The van der Waals surface area contributed by atoms with Crippen LogP contribution in [-0.2, 0) is 4.74 Å². The molecule has 1 N–H and O–H groups in total. The lowest BCUT2D eigenvalue weighted by molar-refractivity contribution is 0.0519. The first-order valence-corrected chi connectivity index (χ1v) is 5.90. The summed E-state index contributed by atoms with van der Waals surface area (Å²) in [5, 5.41) is 9.07. The van der Waals surface area contributed by atoms with Crippen LogP contribution in [0.1, 0.15) is 28.7 Å². The van der Waals surface area contributed by atoms with Gasteiger partial charge in [0.25, 0.3) is 0 Å². The molecule has 96 valence electrons. The van der Waals surface area contributed by atoms with Crippen LogP contribution in [0.4, 0.5) is 0 Å². The van der Waals surface area contributed by atoms with Crippen LogP contribution in [0.2, 0.25) is 0 Å². The van der Waals surface area contributed by atoms with Crippen molar-refractivity contribution in [1.29, 1.82) is 5.26 Å². The van der Waals surface area contributed by atoms with Crippen LogP contribution in [0, 0.1) is 18.3 Å². The smallest absolute Gasteiger partial charge is 0.358 e. The zero-order valence-electron chi connectivity index (χ0n) is 10.7. The molecule has 0 radical (unpaired) electrons. The number of ether oxygens (including phenoxy) is 1. The van der Waals surface area contributed by atoms with E-state index in [4.69, 9.17) is 10.00 Å². The highest BCUT2D eigenvalue weighted by Crippen LogP contribution is 2.22. The molecule has 5 heteroatoms. The highest BCUT2D eigenvalue weighted by molar-refractivity contribution is 5.89. The van der Waals surface area contributed by atoms with Crippen molar-refractivity contribution in [1.82, 2.24) is 9.97 Å². The lowest BCUT2D eigenvalue weighted by atomic mass is 10.1. The Morgan fingerprint density at radius 1 is 1.47 bits per heavy atom. The molecule has 0 aliphatic rings. The van der Waals surface area contributed by atoms with Crippen LogP contribution in [0.3, 0.4) is 0 Å². The number of esters is 1. The van der Waals surface area contributed by atoms with Gasteiger partial charge in [0.05, 0.1) is 18.2 Å². The van der Waals surface area contributed by atoms with Crippen LogP contribution >= 0.6 is 0 Å². The summed E-state index contributed by atoms with van der Waals surface area (Å²) in [5.41, 5.74) is 2.06. The third-order valence-electron chi connectivity index (χ3n) is 2.66. The van der Waals surface area contributed by atoms with Crippen LogP contribution in [0.15, 0.2) is 24.3 Å². The van der Waals surface area contributed by atoms with Gasteiger partial charge in [0.2, 0.25) is 0 Å². The van der Waals surface area contributed by atoms with Crippen molar-refractivity contribution in [2.24, 2.45) is 0 Å². The number of H-pyrrole nitrogens is 1. The predicted molar refractivity (Wildman–Crippen MR) is 69.4 cm³/mol. The molecule has 1 aromatic heterocycles. The van der Waals surface area contributed by atoms with Crippen molar-refractivity contribution >= 4 is 5.97 Å². The minimum absolute atomic E-state index is 0.254. The number of nitrogens with zero attached hydrogens (tertiary/aromatic N) is 2. The second-order valence-corrected chi connectivity index (χ2v) is 3.94. The number of rotatable bonds is 3. The molecular weight excluding hydrogens is 242 g/mol. The minimum Gasteiger partial charge on any atom is -0.461 e. The van der Waals surface area contributed by atoms with E-state index in [0.29, 0.717) is 29.3 Å². The first-order valence-electron chi connectivity index (χ1n) is 5.90. The quantitative estimate of drug-likeness (QED) is 0.854. The molecule has 1 heterocycles. The molecule has 0 aliphatic carbocycles. The van der Waals surface area contributed by atoms with E-state index in [1.807, 2.05) is 6.07 Å². The number of carbonyl (C=O) groups excluding carboxylic acids is 1. The third kappa shape index (κ3) is 2.47. The Bertz CT molecular complexity index is 653. The monoisotopic (exact) mass is 255 g/mol. The second-order valence-electron chi connectivity index (χ2n) is 3.94. The maximum atomic E-state index is 11.7. The lowest BCUT2D eigenvalue weighted by Gasteiger charge is -1.99. The highest BCUT2D eigenvalue weighted by Gasteiger charge is 2.17. The van der Waals surface area contributed by atoms with Crippen LogP contribution in [0.25, 0.3) is 11.4 Å². The first kappa shape index (κ1) is 12.8. The fourth-order valence-corrected chi connectivity index (χ4v) is 1.77. The molecule has 0 fully saturated rings. The van der Waals surface area contributed by atoms with Crippen LogP contribution in [0.5, 0.6) is 0 Å².